The smallest absolute Gasteiger partial charge is 0.0447 e. The SMILES string of the molecule is C=C(Cc1ccc(-c2ccc(Cl)cc2)cc1Cl)C1CC1. The van der Waals surface area contributed by atoms with Gasteiger partial charge in [0.2, 0.25) is 0 Å². The number of allylic oxidation sites excluding steroid dienone is 1. The van der Waals surface area contributed by atoms with Crippen molar-refractivity contribution in [1.29, 1.82) is 0 Å². The van der Waals surface area contributed by atoms with Crippen molar-refractivity contribution in [3.05, 3.63) is 70.2 Å². The highest BCUT2D eigenvalue weighted by Gasteiger charge is 2.24. The Kier molecular flexibility index (Phi) is 3.87. The molecule has 0 atom stereocenters. The van der Waals surface area contributed by atoms with E-state index < -0.39 is 0 Å². The van der Waals surface area contributed by atoms with E-state index in [1.807, 2.05) is 30.3 Å². The van der Waals surface area contributed by atoms with Crippen LogP contribution in [-0.4, -0.2) is 0 Å². The Morgan fingerprint density at radius 3 is 2.25 bits per heavy atom. The Bertz CT molecular complexity index is 637. The Morgan fingerprint density at radius 2 is 1.65 bits per heavy atom. The third kappa shape index (κ3) is 3.08. The van der Waals surface area contributed by atoms with Crippen LogP contribution in [-0.2, 0) is 6.42 Å². The van der Waals surface area contributed by atoms with Crippen LogP contribution in [0.3, 0.4) is 0 Å². The normalized spacial score (nSPS) is 14.3. The van der Waals surface area contributed by atoms with E-state index in [-0.39, 0.29) is 0 Å². The lowest BCUT2D eigenvalue weighted by atomic mass is 9.99. The molecule has 2 heteroatoms. The molecule has 0 unspecified atom stereocenters. The molecule has 0 bridgehead atoms. The second-order valence-corrected chi connectivity index (χ2v) is 6.27. The number of hydrogen-bond acceptors (Lipinski definition) is 0. The summed E-state index contributed by atoms with van der Waals surface area (Å²) in [6.45, 7) is 4.17. The Balaban J connectivity index is 1.82. The highest BCUT2D eigenvalue weighted by Crippen LogP contribution is 2.38. The first-order valence-corrected chi connectivity index (χ1v) is 7.61. The van der Waals surface area contributed by atoms with Gasteiger partial charge in [0, 0.05) is 10.0 Å². The molecule has 3 rings (SSSR count). The van der Waals surface area contributed by atoms with E-state index >= 15 is 0 Å². The lowest BCUT2D eigenvalue weighted by molar-refractivity contribution is 0.941. The quantitative estimate of drug-likeness (QED) is 0.592. The van der Waals surface area contributed by atoms with Crippen molar-refractivity contribution < 1.29 is 0 Å². The average Bonchev–Trinajstić information content (AvgIpc) is 3.26. The van der Waals surface area contributed by atoms with Crippen LogP contribution in [0.25, 0.3) is 11.1 Å². The molecule has 2 aromatic rings. The van der Waals surface area contributed by atoms with Crippen LogP contribution in [0.4, 0.5) is 0 Å². The van der Waals surface area contributed by atoms with E-state index in [1.54, 1.807) is 0 Å². The summed E-state index contributed by atoms with van der Waals surface area (Å²) in [5.74, 6) is 0.724. The first kappa shape index (κ1) is 13.7. The molecule has 102 valence electrons. The highest BCUT2D eigenvalue weighted by molar-refractivity contribution is 6.31. The molecular formula is C18H16Cl2. The number of halogens is 2. The molecule has 20 heavy (non-hydrogen) atoms. The fraction of sp³-hybridized carbons (Fsp3) is 0.222. The molecule has 0 aliphatic heterocycles. The standard InChI is InChI=1S/C18H16Cl2/c1-12(13-2-3-13)10-16-5-4-15(11-18(16)20)14-6-8-17(19)9-7-14/h4-9,11,13H,1-3,10H2. The van der Waals surface area contributed by atoms with Crippen LogP contribution in [0, 0.1) is 5.92 Å². The predicted octanol–water partition coefficient (Wildman–Crippen LogP) is 6.17. The fourth-order valence-electron chi connectivity index (χ4n) is 2.39. The van der Waals surface area contributed by atoms with Gasteiger partial charge in [0.25, 0.3) is 0 Å². The molecule has 2 aromatic carbocycles. The molecule has 0 nitrogen and oxygen atoms in total. The monoisotopic (exact) mass is 302 g/mol. The summed E-state index contributed by atoms with van der Waals surface area (Å²) in [5, 5.41) is 1.57. The van der Waals surface area contributed by atoms with Crippen molar-refractivity contribution >= 4 is 23.2 Å². The van der Waals surface area contributed by atoms with E-state index in [4.69, 9.17) is 23.2 Å². The first-order valence-electron chi connectivity index (χ1n) is 6.85. The minimum Gasteiger partial charge on any atom is -0.0992 e. The molecule has 1 aliphatic rings. The van der Waals surface area contributed by atoms with Gasteiger partial charge >= 0.3 is 0 Å². The van der Waals surface area contributed by atoms with Crippen molar-refractivity contribution in [2.24, 2.45) is 5.92 Å². The molecule has 0 heterocycles. The first-order chi connectivity index (χ1) is 9.63. The third-order valence-electron chi connectivity index (χ3n) is 3.80. The van der Waals surface area contributed by atoms with Crippen molar-refractivity contribution in [1.82, 2.24) is 0 Å². The van der Waals surface area contributed by atoms with Gasteiger partial charge < -0.3 is 0 Å². The third-order valence-corrected chi connectivity index (χ3v) is 4.41. The second-order valence-electron chi connectivity index (χ2n) is 5.42. The summed E-state index contributed by atoms with van der Waals surface area (Å²) < 4.78 is 0. The Labute approximate surface area is 130 Å². The van der Waals surface area contributed by atoms with Gasteiger partial charge in [-0.2, -0.15) is 0 Å². The van der Waals surface area contributed by atoms with Gasteiger partial charge in [0.1, 0.15) is 0 Å². The van der Waals surface area contributed by atoms with Gasteiger partial charge in [-0.25, -0.2) is 0 Å². The molecule has 1 saturated carbocycles. The molecule has 1 fully saturated rings. The van der Waals surface area contributed by atoms with Crippen LogP contribution in [0.5, 0.6) is 0 Å². The van der Waals surface area contributed by atoms with Crippen molar-refractivity contribution in [2.75, 3.05) is 0 Å². The van der Waals surface area contributed by atoms with Gasteiger partial charge in [-0.15, -0.1) is 0 Å². The van der Waals surface area contributed by atoms with Gasteiger partial charge in [-0.05, 0) is 60.1 Å². The van der Waals surface area contributed by atoms with Crippen LogP contribution in [0.2, 0.25) is 10.0 Å². The molecule has 0 amide bonds. The minimum atomic E-state index is 0.724. The second kappa shape index (κ2) is 5.63. The molecule has 0 saturated heterocycles. The zero-order valence-electron chi connectivity index (χ0n) is 11.2. The molecule has 0 N–H and O–H groups in total. The summed E-state index contributed by atoms with van der Waals surface area (Å²) in [5.41, 5.74) is 4.73. The van der Waals surface area contributed by atoms with E-state index in [9.17, 15) is 0 Å². The Hall–Kier alpha value is -1.24. The van der Waals surface area contributed by atoms with Crippen LogP contribution < -0.4 is 0 Å². The maximum Gasteiger partial charge on any atom is 0.0447 e. The van der Waals surface area contributed by atoms with Gasteiger partial charge in [-0.3, -0.25) is 0 Å². The van der Waals surface area contributed by atoms with Gasteiger partial charge in [-0.1, -0.05) is 59.6 Å². The van der Waals surface area contributed by atoms with E-state index in [0.717, 1.165) is 33.5 Å². The van der Waals surface area contributed by atoms with Gasteiger partial charge in [0.05, 0.1) is 0 Å². The lowest BCUT2D eigenvalue weighted by Crippen LogP contribution is -1.92. The van der Waals surface area contributed by atoms with Crippen molar-refractivity contribution in [3.63, 3.8) is 0 Å². The van der Waals surface area contributed by atoms with Crippen molar-refractivity contribution in [2.45, 2.75) is 19.3 Å². The molecular weight excluding hydrogens is 287 g/mol. The van der Waals surface area contributed by atoms with E-state index in [2.05, 4.69) is 18.7 Å². The van der Waals surface area contributed by atoms with Crippen molar-refractivity contribution in [3.8, 4) is 11.1 Å². The van der Waals surface area contributed by atoms with E-state index in [1.165, 1.54) is 24.0 Å². The van der Waals surface area contributed by atoms with Crippen LogP contribution in [0.1, 0.15) is 18.4 Å². The lowest BCUT2D eigenvalue weighted by Gasteiger charge is -2.09. The molecule has 0 aromatic heterocycles. The Morgan fingerprint density at radius 1 is 1.00 bits per heavy atom. The number of rotatable bonds is 4. The maximum atomic E-state index is 6.41. The summed E-state index contributed by atoms with van der Waals surface area (Å²) in [4.78, 5) is 0. The summed E-state index contributed by atoms with van der Waals surface area (Å²) in [6.07, 6.45) is 3.48. The van der Waals surface area contributed by atoms with Gasteiger partial charge in [0.15, 0.2) is 0 Å². The number of hydrogen-bond donors (Lipinski definition) is 0. The topological polar surface area (TPSA) is 0 Å². The molecule has 0 spiro atoms. The predicted molar refractivity (Wildman–Crippen MR) is 87.5 cm³/mol. The summed E-state index contributed by atoms with van der Waals surface area (Å²) >= 11 is 12.3. The van der Waals surface area contributed by atoms with E-state index in [0.29, 0.717) is 0 Å². The summed E-state index contributed by atoms with van der Waals surface area (Å²) in [7, 11) is 0. The minimum absolute atomic E-state index is 0.724. The molecule has 1 aliphatic carbocycles. The fourth-order valence-corrected chi connectivity index (χ4v) is 2.77. The zero-order valence-corrected chi connectivity index (χ0v) is 12.7. The summed E-state index contributed by atoms with van der Waals surface area (Å²) in [6, 6.07) is 14.1. The highest BCUT2D eigenvalue weighted by atomic mass is 35.5. The van der Waals surface area contributed by atoms with Crippen LogP contribution in [0.15, 0.2) is 54.6 Å². The number of benzene rings is 2. The largest absolute Gasteiger partial charge is 0.0992 e. The van der Waals surface area contributed by atoms with Crippen LogP contribution >= 0.6 is 23.2 Å². The average molecular weight is 303 g/mol. The maximum absolute atomic E-state index is 6.41. The molecule has 0 radical (unpaired) electrons. The zero-order chi connectivity index (χ0) is 14.1.